The molecule has 0 bridgehead atoms. The van der Waals surface area contributed by atoms with Gasteiger partial charge in [0, 0.05) is 11.8 Å². The Morgan fingerprint density at radius 1 is 0.852 bits per heavy atom. The summed E-state index contributed by atoms with van der Waals surface area (Å²) in [6.07, 6.45) is 3.20. The zero-order valence-electron chi connectivity index (χ0n) is 15.3. The van der Waals surface area contributed by atoms with Gasteiger partial charge in [-0.15, -0.1) is 0 Å². The Kier molecular flexibility index (Phi) is 5.61. The van der Waals surface area contributed by atoms with Gasteiger partial charge in [-0.2, -0.15) is 0 Å². The SMILES string of the molecule is CC(C)c1ccc(C(=O)Nc2ccccc2C(=O)Nc2cccnc2)cc1. The maximum atomic E-state index is 12.6. The molecular formula is C22H21N3O2. The van der Waals surface area contributed by atoms with E-state index in [1.54, 1.807) is 60.9 Å². The maximum Gasteiger partial charge on any atom is 0.257 e. The molecule has 0 fully saturated rings. The van der Waals surface area contributed by atoms with Crippen LogP contribution >= 0.6 is 0 Å². The molecule has 0 aliphatic carbocycles. The lowest BCUT2D eigenvalue weighted by molar-refractivity contribution is 0.102. The van der Waals surface area contributed by atoms with Gasteiger partial charge in [0.1, 0.15) is 0 Å². The minimum Gasteiger partial charge on any atom is -0.321 e. The number of nitrogens with zero attached hydrogens (tertiary/aromatic N) is 1. The largest absolute Gasteiger partial charge is 0.321 e. The molecule has 0 radical (unpaired) electrons. The van der Waals surface area contributed by atoms with Crippen LogP contribution in [0, 0.1) is 0 Å². The Morgan fingerprint density at radius 2 is 1.59 bits per heavy atom. The van der Waals surface area contributed by atoms with E-state index in [1.807, 2.05) is 12.1 Å². The van der Waals surface area contributed by atoms with Gasteiger partial charge >= 0.3 is 0 Å². The molecule has 3 aromatic rings. The molecule has 0 unspecified atom stereocenters. The van der Waals surface area contributed by atoms with Crippen LogP contribution < -0.4 is 10.6 Å². The first-order chi connectivity index (χ1) is 13.0. The van der Waals surface area contributed by atoms with Crippen molar-refractivity contribution in [1.29, 1.82) is 0 Å². The number of hydrogen-bond donors (Lipinski definition) is 2. The van der Waals surface area contributed by atoms with Crippen LogP contribution in [0.5, 0.6) is 0 Å². The van der Waals surface area contributed by atoms with Gasteiger partial charge < -0.3 is 10.6 Å². The molecular weight excluding hydrogens is 338 g/mol. The van der Waals surface area contributed by atoms with Crippen molar-refractivity contribution < 1.29 is 9.59 Å². The lowest BCUT2D eigenvalue weighted by Gasteiger charge is -2.12. The van der Waals surface area contributed by atoms with Gasteiger partial charge in [0.05, 0.1) is 23.1 Å². The lowest BCUT2D eigenvalue weighted by atomic mass is 10.0. The van der Waals surface area contributed by atoms with Gasteiger partial charge in [0.25, 0.3) is 11.8 Å². The molecule has 0 spiro atoms. The Bertz CT molecular complexity index is 935. The van der Waals surface area contributed by atoms with E-state index >= 15 is 0 Å². The highest BCUT2D eigenvalue weighted by Gasteiger charge is 2.14. The fourth-order valence-electron chi connectivity index (χ4n) is 2.64. The van der Waals surface area contributed by atoms with Crippen LogP contribution in [0.2, 0.25) is 0 Å². The summed E-state index contributed by atoms with van der Waals surface area (Å²) in [6, 6.07) is 17.9. The van der Waals surface area contributed by atoms with Crippen LogP contribution in [-0.2, 0) is 0 Å². The molecule has 5 heteroatoms. The molecule has 27 heavy (non-hydrogen) atoms. The molecule has 136 valence electrons. The fourth-order valence-corrected chi connectivity index (χ4v) is 2.64. The van der Waals surface area contributed by atoms with Gasteiger partial charge in [-0.05, 0) is 47.9 Å². The number of hydrogen-bond acceptors (Lipinski definition) is 3. The van der Waals surface area contributed by atoms with Gasteiger partial charge in [-0.1, -0.05) is 38.1 Å². The molecule has 0 atom stereocenters. The van der Waals surface area contributed by atoms with Crippen LogP contribution in [-0.4, -0.2) is 16.8 Å². The van der Waals surface area contributed by atoms with Crippen molar-refractivity contribution in [2.45, 2.75) is 19.8 Å². The molecule has 0 aliphatic heterocycles. The number of aromatic nitrogens is 1. The third kappa shape index (κ3) is 4.58. The molecule has 0 saturated heterocycles. The first-order valence-corrected chi connectivity index (χ1v) is 8.76. The van der Waals surface area contributed by atoms with Crippen molar-refractivity contribution in [2.24, 2.45) is 0 Å². The second-order valence-electron chi connectivity index (χ2n) is 6.47. The third-order valence-corrected chi connectivity index (χ3v) is 4.18. The molecule has 0 saturated carbocycles. The van der Waals surface area contributed by atoms with Crippen molar-refractivity contribution in [3.05, 3.63) is 89.7 Å². The number of rotatable bonds is 5. The number of amides is 2. The lowest BCUT2D eigenvalue weighted by Crippen LogP contribution is -2.18. The van der Waals surface area contributed by atoms with Crippen LogP contribution in [0.15, 0.2) is 73.1 Å². The quantitative estimate of drug-likeness (QED) is 0.693. The number of carbonyl (C=O) groups is 2. The van der Waals surface area contributed by atoms with Gasteiger partial charge in [-0.3, -0.25) is 14.6 Å². The molecule has 2 aromatic carbocycles. The molecule has 1 aromatic heterocycles. The predicted molar refractivity (Wildman–Crippen MR) is 107 cm³/mol. The number of benzene rings is 2. The molecule has 5 nitrogen and oxygen atoms in total. The monoisotopic (exact) mass is 359 g/mol. The topological polar surface area (TPSA) is 71.1 Å². The van der Waals surface area contributed by atoms with Crippen molar-refractivity contribution in [3.8, 4) is 0 Å². The van der Waals surface area contributed by atoms with E-state index in [1.165, 1.54) is 5.56 Å². The number of para-hydroxylation sites is 1. The Morgan fingerprint density at radius 3 is 2.26 bits per heavy atom. The summed E-state index contributed by atoms with van der Waals surface area (Å²) in [4.78, 5) is 29.1. The first-order valence-electron chi connectivity index (χ1n) is 8.76. The minimum absolute atomic E-state index is 0.257. The van der Waals surface area contributed by atoms with Crippen LogP contribution in [0.1, 0.15) is 46.0 Å². The summed E-state index contributed by atoms with van der Waals surface area (Å²) in [5.41, 5.74) is 3.14. The predicted octanol–water partition coefficient (Wildman–Crippen LogP) is 4.71. The fraction of sp³-hybridized carbons (Fsp3) is 0.136. The average molecular weight is 359 g/mol. The molecule has 0 aliphatic rings. The van der Waals surface area contributed by atoms with E-state index in [9.17, 15) is 9.59 Å². The van der Waals surface area contributed by atoms with Crippen LogP contribution in [0.25, 0.3) is 0 Å². The van der Waals surface area contributed by atoms with Crippen LogP contribution in [0.4, 0.5) is 11.4 Å². The van der Waals surface area contributed by atoms with Crippen molar-refractivity contribution in [2.75, 3.05) is 10.6 Å². The van der Waals surface area contributed by atoms with Crippen molar-refractivity contribution in [1.82, 2.24) is 4.98 Å². The van der Waals surface area contributed by atoms with Crippen molar-refractivity contribution in [3.63, 3.8) is 0 Å². The Balaban J connectivity index is 1.77. The van der Waals surface area contributed by atoms with Crippen molar-refractivity contribution >= 4 is 23.2 Å². The number of anilines is 2. The summed E-state index contributed by atoms with van der Waals surface area (Å²) in [5, 5.41) is 5.61. The molecule has 2 amide bonds. The minimum atomic E-state index is -0.311. The second-order valence-corrected chi connectivity index (χ2v) is 6.47. The van der Waals surface area contributed by atoms with Gasteiger partial charge in [0.15, 0.2) is 0 Å². The first kappa shape index (κ1) is 18.3. The highest BCUT2D eigenvalue weighted by molar-refractivity contribution is 6.12. The van der Waals surface area contributed by atoms with E-state index in [0.29, 0.717) is 28.4 Å². The number of nitrogens with one attached hydrogen (secondary N) is 2. The Labute approximate surface area is 158 Å². The summed E-state index contributed by atoms with van der Waals surface area (Å²) < 4.78 is 0. The summed E-state index contributed by atoms with van der Waals surface area (Å²) >= 11 is 0. The summed E-state index contributed by atoms with van der Waals surface area (Å²) in [7, 11) is 0. The van der Waals surface area contributed by atoms with Gasteiger partial charge in [-0.25, -0.2) is 0 Å². The average Bonchev–Trinajstić information content (AvgIpc) is 2.69. The smallest absolute Gasteiger partial charge is 0.257 e. The normalized spacial score (nSPS) is 10.5. The van der Waals surface area contributed by atoms with Gasteiger partial charge in [0.2, 0.25) is 0 Å². The molecule has 2 N–H and O–H groups in total. The van der Waals surface area contributed by atoms with Crippen LogP contribution in [0.3, 0.4) is 0 Å². The van der Waals surface area contributed by atoms with E-state index < -0.39 is 0 Å². The molecule has 1 heterocycles. The highest BCUT2D eigenvalue weighted by atomic mass is 16.2. The zero-order valence-corrected chi connectivity index (χ0v) is 15.3. The van der Waals surface area contributed by atoms with E-state index in [0.717, 1.165) is 0 Å². The third-order valence-electron chi connectivity index (χ3n) is 4.18. The number of pyridine rings is 1. The number of carbonyl (C=O) groups excluding carboxylic acids is 2. The van der Waals surface area contributed by atoms with E-state index in [4.69, 9.17) is 0 Å². The molecule has 3 rings (SSSR count). The maximum absolute atomic E-state index is 12.6. The summed E-state index contributed by atoms with van der Waals surface area (Å²) in [5.74, 6) is -0.167. The second kappa shape index (κ2) is 8.27. The highest BCUT2D eigenvalue weighted by Crippen LogP contribution is 2.19. The van der Waals surface area contributed by atoms with E-state index in [2.05, 4.69) is 29.5 Å². The van der Waals surface area contributed by atoms with E-state index in [-0.39, 0.29) is 11.8 Å². The zero-order chi connectivity index (χ0) is 19.2. The summed E-state index contributed by atoms with van der Waals surface area (Å²) in [6.45, 7) is 4.21. The standard InChI is InChI=1S/C22H21N3O2/c1-15(2)16-9-11-17(12-10-16)21(26)25-20-8-4-3-7-19(20)22(27)24-18-6-5-13-23-14-18/h3-15H,1-2H3,(H,24,27)(H,25,26). The Hall–Kier alpha value is -3.47.